The highest BCUT2D eigenvalue weighted by Crippen LogP contribution is 2.40. The van der Waals surface area contributed by atoms with Crippen molar-refractivity contribution in [2.75, 3.05) is 61.8 Å². The third kappa shape index (κ3) is 7.42. The van der Waals surface area contributed by atoms with Gasteiger partial charge in [-0.2, -0.15) is 18.2 Å². The molecule has 2 N–H and O–H groups in total. The second kappa shape index (κ2) is 13.4. The number of carbonyl (C=O) groups excluding carboxylic acids is 2. The van der Waals surface area contributed by atoms with Crippen LogP contribution in [-0.2, 0) is 11.3 Å². The maximum absolute atomic E-state index is 13.7. The summed E-state index contributed by atoms with van der Waals surface area (Å²) in [5, 5.41) is 5.83. The summed E-state index contributed by atoms with van der Waals surface area (Å²) in [5.41, 5.74) is 1.80. The first-order valence-corrected chi connectivity index (χ1v) is 13.8. The number of nitrogens with zero attached hydrogens (tertiary/aromatic N) is 6. The van der Waals surface area contributed by atoms with Gasteiger partial charge < -0.3 is 30.1 Å². The topological polar surface area (TPSA) is 106 Å². The van der Waals surface area contributed by atoms with Crippen molar-refractivity contribution in [3.05, 3.63) is 66.6 Å². The minimum atomic E-state index is -4.69. The lowest BCUT2D eigenvalue weighted by molar-refractivity contribution is -0.172. The summed E-state index contributed by atoms with van der Waals surface area (Å²) in [6.45, 7) is 5.37. The minimum absolute atomic E-state index is 0.0148. The average molecular weight is 631 g/mol. The molecular formula is C30H34F4N8O3. The number of aromatic nitrogens is 2. The lowest BCUT2D eigenvalue weighted by atomic mass is 10.1. The lowest BCUT2D eigenvalue weighted by Crippen LogP contribution is -2.53. The number of rotatable bonds is 11. The summed E-state index contributed by atoms with van der Waals surface area (Å²) in [6.07, 6.45) is -2.23. The van der Waals surface area contributed by atoms with Gasteiger partial charge in [0.05, 0.1) is 36.4 Å². The van der Waals surface area contributed by atoms with Crippen LogP contribution in [-0.4, -0.2) is 85.3 Å². The molecule has 1 aromatic heterocycles. The number of urea groups is 1. The molecule has 2 aromatic carbocycles. The first-order valence-electron chi connectivity index (χ1n) is 13.8. The van der Waals surface area contributed by atoms with Crippen molar-refractivity contribution in [1.82, 2.24) is 19.8 Å². The highest BCUT2D eigenvalue weighted by molar-refractivity contribution is 6.02. The number of fused-ring (bicyclic) bond motifs is 1. The van der Waals surface area contributed by atoms with Gasteiger partial charge in [0.2, 0.25) is 11.9 Å². The Morgan fingerprint density at radius 2 is 1.84 bits per heavy atom. The molecule has 15 heteroatoms. The zero-order valence-electron chi connectivity index (χ0n) is 25.4. The number of alkyl halides is 3. The van der Waals surface area contributed by atoms with Crippen LogP contribution in [0, 0.1) is 5.82 Å². The van der Waals surface area contributed by atoms with Gasteiger partial charge in [0, 0.05) is 38.0 Å². The molecule has 1 aliphatic rings. The van der Waals surface area contributed by atoms with E-state index in [9.17, 15) is 27.2 Å². The van der Waals surface area contributed by atoms with E-state index in [1.54, 1.807) is 12.1 Å². The van der Waals surface area contributed by atoms with E-state index in [2.05, 4.69) is 27.2 Å². The number of methoxy groups -OCH3 is 1. The van der Waals surface area contributed by atoms with Crippen LogP contribution in [0.4, 0.5) is 56.9 Å². The molecule has 0 fully saturated rings. The van der Waals surface area contributed by atoms with Crippen LogP contribution < -0.4 is 25.2 Å². The average Bonchev–Trinajstić information content (AvgIpc) is 2.99. The Balaban J connectivity index is 1.77. The molecular weight excluding hydrogens is 596 g/mol. The number of likely N-dealkylation sites (N-methyl/N-ethyl adjacent to an activating group) is 2. The number of hydrogen-bond donors (Lipinski definition) is 2. The van der Waals surface area contributed by atoms with E-state index in [0.717, 1.165) is 36.6 Å². The molecule has 0 unspecified atom stereocenters. The molecule has 3 aromatic rings. The highest BCUT2D eigenvalue weighted by Gasteiger charge is 2.46. The van der Waals surface area contributed by atoms with Gasteiger partial charge in [0.1, 0.15) is 17.6 Å². The van der Waals surface area contributed by atoms with Gasteiger partial charge in [-0.25, -0.2) is 19.1 Å². The van der Waals surface area contributed by atoms with Crippen LogP contribution >= 0.6 is 0 Å². The summed E-state index contributed by atoms with van der Waals surface area (Å²) in [7, 11) is 7.22. The van der Waals surface area contributed by atoms with Crippen LogP contribution in [0.3, 0.4) is 0 Å². The largest absolute Gasteiger partial charge is 0.494 e. The monoisotopic (exact) mass is 630 g/mol. The van der Waals surface area contributed by atoms with Gasteiger partial charge in [-0.15, -0.1) is 0 Å². The summed E-state index contributed by atoms with van der Waals surface area (Å²) in [6, 6.07) is 4.99. The standard InChI is InChI=1S/C30H34F4N8O3/c1-7-26(43)36-22-14-23(25(45-6)15-24(22)40(5)13-12-39(3)4)37-28-35-16-19-17-41(18(2)30(32,33)34)29(44)42(27(19)38-28)21-10-8-20(31)9-11-21/h7-11,14-16,18H,1,12-13,17H2,2-6H3,(H,36,43)(H,35,37,38)/t18-/m0/s1. The summed E-state index contributed by atoms with van der Waals surface area (Å²) >= 11 is 0. The molecule has 240 valence electrons. The second-order valence-electron chi connectivity index (χ2n) is 10.6. The van der Waals surface area contributed by atoms with Gasteiger partial charge in [-0.05, 0) is 57.4 Å². The quantitative estimate of drug-likeness (QED) is 0.211. The Morgan fingerprint density at radius 1 is 1.16 bits per heavy atom. The van der Waals surface area contributed by atoms with Crippen molar-refractivity contribution in [2.24, 2.45) is 0 Å². The van der Waals surface area contributed by atoms with Crippen molar-refractivity contribution >= 4 is 46.5 Å². The number of benzene rings is 2. The third-order valence-corrected chi connectivity index (χ3v) is 7.16. The number of anilines is 6. The maximum Gasteiger partial charge on any atom is 0.408 e. The molecule has 45 heavy (non-hydrogen) atoms. The number of halogens is 4. The molecule has 4 rings (SSSR count). The van der Waals surface area contributed by atoms with E-state index in [4.69, 9.17) is 4.74 Å². The van der Waals surface area contributed by atoms with Crippen molar-refractivity contribution in [2.45, 2.75) is 25.7 Å². The fourth-order valence-electron chi connectivity index (χ4n) is 4.56. The normalized spacial score (nSPS) is 13.8. The van der Waals surface area contributed by atoms with Crippen molar-refractivity contribution in [3.63, 3.8) is 0 Å². The van der Waals surface area contributed by atoms with Crippen LogP contribution in [0.25, 0.3) is 0 Å². The van der Waals surface area contributed by atoms with Crippen LogP contribution in [0.15, 0.2) is 55.3 Å². The second-order valence-corrected chi connectivity index (χ2v) is 10.6. The molecule has 0 saturated carbocycles. The van der Waals surface area contributed by atoms with E-state index in [1.807, 2.05) is 30.9 Å². The Bertz CT molecular complexity index is 1570. The van der Waals surface area contributed by atoms with Gasteiger partial charge in [-0.1, -0.05) is 6.58 Å². The Labute approximate surface area is 258 Å². The number of hydrogen-bond acceptors (Lipinski definition) is 8. The van der Waals surface area contributed by atoms with E-state index >= 15 is 0 Å². The zero-order valence-corrected chi connectivity index (χ0v) is 25.4. The van der Waals surface area contributed by atoms with Crippen molar-refractivity contribution in [1.29, 1.82) is 0 Å². The Hall–Kier alpha value is -4.92. The SMILES string of the molecule is C=CC(=O)Nc1cc(Nc2ncc3c(n2)N(c2ccc(F)cc2)C(=O)N([C@@H](C)C(F)(F)F)C3)c(OC)cc1N(C)CCN(C)C. The predicted octanol–water partition coefficient (Wildman–Crippen LogP) is 5.51. The minimum Gasteiger partial charge on any atom is -0.494 e. The van der Waals surface area contributed by atoms with E-state index in [0.29, 0.717) is 34.3 Å². The molecule has 0 aliphatic carbocycles. The molecule has 2 heterocycles. The molecule has 1 aliphatic heterocycles. The van der Waals surface area contributed by atoms with Gasteiger partial charge in [0.15, 0.2) is 5.82 Å². The van der Waals surface area contributed by atoms with Crippen LogP contribution in [0.2, 0.25) is 0 Å². The number of ether oxygens (including phenoxy) is 1. The maximum atomic E-state index is 13.7. The molecule has 0 bridgehead atoms. The summed E-state index contributed by atoms with van der Waals surface area (Å²) in [4.78, 5) is 40.2. The summed E-state index contributed by atoms with van der Waals surface area (Å²) < 4.78 is 60.4. The predicted molar refractivity (Wildman–Crippen MR) is 164 cm³/mol. The zero-order chi connectivity index (χ0) is 33.1. The molecule has 3 amide bonds. The Morgan fingerprint density at radius 3 is 2.44 bits per heavy atom. The Kier molecular flexibility index (Phi) is 9.81. The molecule has 0 radical (unpaired) electrons. The van der Waals surface area contributed by atoms with Crippen molar-refractivity contribution in [3.8, 4) is 5.75 Å². The molecule has 11 nitrogen and oxygen atoms in total. The van der Waals surface area contributed by atoms with Gasteiger partial charge in [0.25, 0.3) is 0 Å². The molecule has 1 atom stereocenters. The lowest BCUT2D eigenvalue weighted by Gasteiger charge is -2.39. The van der Waals surface area contributed by atoms with Crippen LogP contribution in [0.5, 0.6) is 5.75 Å². The van der Waals surface area contributed by atoms with E-state index < -0.39 is 36.5 Å². The summed E-state index contributed by atoms with van der Waals surface area (Å²) in [5.74, 6) is -0.648. The first kappa shape index (κ1) is 33.0. The van der Waals surface area contributed by atoms with Crippen LogP contribution in [0.1, 0.15) is 12.5 Å². The van der Waals surface area contributed by atoms with E-state index in [1.165, 1.54) is 25.4 Å². The highest BCUT2D eigenvalue weighted by atomic mass is 19.4. The van der Waals surface area contributed by atoms with Gasteiger partial charge in [-0.3, -0.25) is 4.79 Å². The first-order chi connectivity index (χ1) is 21.2. The number of amides is 3. The van der Waals surface area contributed by atoms with Crippen molar-refractivity contribution < 1.29 is 31.9 Å². The number of carbonyl (C=O) groups is 2. The fraction of sp³-hybridized carbons (Fsp3) is 0.333. The van der Waals surface area contributed by atoms with E-state index in [-0.39, 0.29) is 23.0 Å². The fourth-order valence-corrected chi connectivity index (χ4v) is 4.56. The molecule has 0 spiro atoms. The third-order valence-electron chi connectivity index (χ3n) is 7.16. The molecule has 0 saturated heterocycles. The smallest absolute Gasteiger partial charge is 0.408 e. The number of nitrogens with one attached hydrogen (secondary N) is 2. The van der Waals surface area contributed by atoms with Gasteiger partial charge >= 0.3 is 12.2 Å².